The first-order valence-corrected chi connectivity index (χ1v) is 8.86. The highest BCUT2D eigenvalue weighted by Crippen LogP contribution is 2.14. The number of ether oxygens (including phenoxy) is 1. The Bertz CT molecular complexity index is 714. The van der Waals surface area contributed by atoms with Crippen molar-refractivity contribution in [3.8, 4) is 0 Å². The number of amides is 1. The van der Waals surface area contributed by atoms with Gasteiger partial charge in [-0.15, -0.1) is 0 Å². The second-order valence-corrected chi connectivity index (χ2v) is 7.41. The summed E-state index contributed by atoms with van der Waals surface area (Å²) in [5.41, 5.74) is 0.332. The van der Waals surface area contributed by atoms with E-state index in [-0.39, 0.29) is 11.7 Å². The minimum absolute atomic E-state index is 0.0174. The van der Waals surface area contributed by atoms with E-state index in [0.29, 0.717) is 19.0 Å². The number of benzene rings is 1. The highest BCUT2D eigenvalue weighted by atomic mass is 16.6. The van der Waals surface area contributed by atoms with Gasteiger partial charge in [-0.25, -0.2) is 4.79 Å². The van der Waals surface area contributed by atoms with Crippen LogP contribution in [0.2, 0.25) is 0 Å². The van der Waals surface area contributed by atoms with Crippen molar-refractivity contribution in [2.45, 2.75) is 45.4 Å². The summed E-state index contributed by atoms with van der Waals surface area (Å²) in [7, 11) is 1.68. The number of aliphatic imine (C=N–C) groups is 1. The molecular formula is C18H27N5O4. The predicted molar refractivity (Wildman–Crippen MR) is 103 cm³/mol. The Kier molecular flexibility index (Phi) is 6.59. The van der Waals surface area contributed by atoms with Crippen LogP contribution in [0.15, 0.2) is 29.3 Å². The molecule has 1 aromatic carbocycles. The number of hydrogen-bond donors (Lipinski definition) is 2. The normalized spacial score (nSPS) is 17.6. The first-order valence-electron chi connectivity index (χ1n) is 8.86. The number of nitro groups is 1. The van der Waals surface area contributed by atoms with E-state index < -0.39 is 16.6 Å². The fraction of sp³-hybridized carbons (Fsp3) is 0.556. The van der Waals surface area contributed by atoms with Crippen LogP contribution in [0.25, 0.3) is 0 Å². The van der Waals surface area contributed by atoms with Gasteiger partial charge in [0.15, 0.2) is 5.96 Å². The van der Waals surface area contributed by atoms with Gasteiger partial charge in [0, 0.05) is 38.8 Å². The van der Waals surface area contributed by atoms with Crippen LogP contribution in [0.5, 0.6) is 0 Å². The van der Waals surface area contributed by atoms with E-state index in [4.69, 9.17) is 4.74 Å². The quantitative estimate of drug-likeness (QED) is 0.361. The van der Waals surface area contributed by atoms with Crippen molar-refractivity contribution < 1.29 is 14.5 Å². The Morgan fingerprint density at radius 1 is 1.44 bits per heavy atom. The molecule has 1 unspecified atom stereocenters. The number of guanidine groups is 1. The number of alkyl carbamates (subject to hydrolysis) is 1. The second kappa shape index (κ2) is 8.70. The maximum atomic E-state index is 11.9. The molecular weight excluding hydrogens is 350 g/mol. The molecule has 148 valence electrons. The van der Waals surface area contributed by atoms with Crippen LogP contribution in [-0.4, -0.2) is 53.7 Å². The standard InChI is InChI=1S/C18H27N5O4/c1-18(2,3)27-17(24)21-14-8-9-22(12-14)16(19-4)20-11-13-6-5-7-15(10-13)23(25)26/h5-7,10,14H,8-9,11-12H2,1-4H3,(H,19,20)(H,21,24). The SMILES string of the molecule is CN=C(NCc1cccc([N+](=O)[O-])c1)N1CCC(NC(=O)OC(C)(C)C)C1. The third-order valence-corrected chi connectivity index (χ3v) is 3.99. The largest absolute Gasteiger partial charge is 0.444 e. The Morgan fingerprint density at radius 3 is 2.81 bits per heavy atom. The van der Waals surface area contributed by atoms with Crippen LogP contribution in [0.4, 0.5) is 10.5 Å². The molecule has 1 aromatic rings. The van der Waals surface area contributed by atoms with Crippen LogP contribution < -0.4 is 10.6 Å². The molecule has 1 fully saturated rings. The number of carbonyl (C=O) groups is 1. The van der Waals surface area contributed by atoms with Gasteiger partial charge in [-0.1, -0.05) is 12.1 Å². The molecule has 0 aromatic heterocycles. The number of non-ortho nitro benzene ring substituents is 1. The molecule has 0 saturated carbocycles. The molecule has 0 spiro atoms. The third kappa shape index (κ3) is 6.43. The molecule has 2 rings (SSSR count). The molecule has 0 aliphatic carbocycles. The van der Waals surface area contributed by atoms with Crippen molar-refractivity contribution in [1.82, 2.24) is 15.5 Å². The number of carbonyl (C=O) groups excluding carboxylic acids is 1. The van der Waals surface area contributed by atoms with E-state index in [9.17, 15) is 14.9 Å². The van der Waals surface area contributed by atoms with Gasteiger partial charge in [-0.05, 0) is 32.8 Å². The average molecular weight is 377 g/mol. The van der Waals surface area contributed by atoms with Crippen LogP contribution in [0, 0.1) is 10.1 Å². The Hall–Kier alpha value is -2.84. The third-order valence-electron chi connectivity index (χ3n) is 3.99. The summed E-state index contributed by atoms with van der Waals surface area (Å²) in [6, 6.07) is 6.47. The topological polar surface area (TPSA) is 109 Å². The summed E-state index contributed by atoms with van der Waals surface area (Å²) in [4.78, 5) is 28.7. The molecule has 1 saturated heterocycles. The number of hydrogen-bond acceptors (Lipinski definition) is 5. The highest BCUT2D eigenvalue weighted by molar-refractivity contribution is 5.80. The molecule has 1 heterocycles. The van der Waals surface area contributed by atoms with Gasteiger partial charge < -0.3 is 20.3 Å². The smallest absolute Gasteiger partial charge is 0.407 e. The monoisotopic (exact) mass is 377 g/mol. The molecule has 1 aliphatic rings. The van der Waals surface area contributed by atoms with Gasteiger partial charge in [0.2, 0.25) is 0 Å². The van der Waals surface area contributed by atoms with E-state index in [0.717, 1.165) is 18.5 Å². The number of nitrogens with zero attached hydrogens (tertiary/aromatic N) is 3. The van der Waals surface area contributed by atoms with Crippen molar-refractivity contribution in [2.24, 2.45) is 4.99 Å². The molecule has 1 atom stereocenters. The van der Waals surface area contributed by atoms with Gasteiger partial charge in [-0.3, -0.25) is 15.1 Å². The lowest BCUT2D eigenvalue weighted by atomic mass is 10.2. The molecule has 0 bridgehead atoms. The van der Waals surface area contributed by atoms with Gasteiger partial charge in [0.05, 0.1) is 11.0 Å². The molecule has 1 aliphatic heterocycles. The van der Waals surface area contributed by atoms with Crippen molar-refractivity contribution in [1.29, 1.82) is 0 Å². The van der Waals surface area contributed by atoms with Gasteiger partial charge in [0.1, 0.15) is 5.60 Å². The van der Waals surface area contributed by atoms with E-state index in [1.54, 1.807) is 13.1 Å². The van der Waals surface area contributed by atoms with Crippen molar-refractivity contribution in [3.05, 3.63) is 39.9 Å². The lowest BCUT2D eigenvalue weighted by Gasteiger charge is -2.23. The minimum Gasteiger partial charge on any atom is -0.444 e. The number of nitro benzene ring substituents is 1. The first-order chi connectivity index (χ1) is 12.7. The number of likely N-dealkylation sites (tertiary alicyclic amines) is 1. The summed E-state index contributed by atoms with van der Waals surface area (Å²) in [5, 5.41) is 17.0. The maximum Gasteiger partial charge on any atom is 0.407 e. The molecule has 2 N–H and O–H groups in total. The van der Waals surface area contributed by atoms with Gasteiger partial charge >= 0.3 is 6.09 Å². The van der Waals surface area contributed by atoms with E-state index in [1.165, 1.54) is 12.1 Å². The summed E-state index contributed by atoms with van der Waals surface area (Å²) < 4.78 is 5.29. The Morgan fingerprint density at radius 2 is 2.19 bits per heavy atom. The van der Waals surface area contributed by atoms with Crippen molar-refractivity contribution >= 4 is 17.7 Å². The summed E-state index contributed by atoms with van der Waals surface area (Å²) >= 11 is 0. The van der Waals surface area contributed by atoms with Crippen molar-refractivity contribution in [2.75, 3.05) is 20.1 Å². The fourth-order valence-electron chi connectivity index (χ4n) is 2.84. The Balaban J connectivity index is 1.87. The second-order valence-electron chi connectivity index (χ2n) is 7.41. The maximum absolute atomic E-state index is 11.9. The number of rotatable bonds is 4. The first kappa shape index (κ1) is 20.5. The molecule has 9 nitrogen and oxygen atoms in total. The lowest BCUT2D eigenvalue weighted by Crippen LogP contribution is -2.44. The van der Waals surface area contributed by atoms with Gasteiger partial charge in [-0.2, -0.15) is 0 Å². The zero-order valence-electron chi connectivity index (χ0n) is 16.2. The molecule has 9 heteroatoms. The average Bonchev–Trinajstić information content (AvgIpc) is 3.02. The van der Waals surface area contributed by atoms with E-state index >= 15 is 0 Å². The lowest BCUT2D eigenvalue weighted by molar-refractivity contribution is -0.384. The zero-order valence-corrected chi connectivity index (χ0v) is 16.2. The van der Waals surface area contributed by atoms with Crippen LogP contribution in [0.1, 0.15) is 32.8 Å². The molecule has 27 heavy (non-hydrogen) atoms. The van der Waals surface area contributed by atoms with E-state index in [2.05, 4.69) is 15.6 Å². The summed E-state index contributed by atoms with van der Waals surface area (Å²) in [6.07, 6.45) is 0.366. The summed E-state index contributed by atoms with van der Waals surface area (Å²) in [6.45, 7) is 7.27. The van der Waals surface area contributed by atoms with Gasteiger partial charge in [0.25, 0.3) is 5.69 Å². The predicted octanol–water partition coefficient (Wildman–Crippen LogP) is 2.27. The zero-order chi connectivity index (χ0) is 20.0. The fourth-order valence-corrected chi connectivity index (χ4v) is 2.84. The van der Waals surface area contributed by atoms with Crippen LogP contribution in [-0.2, 0) is 11.3 Å². The summed E-state index contributed by atoms with van der Waals surface area (Å²) in [5.74, 6) is 0.690. The Labute approximate surface area is 158 Å². The van der Waals surface area contributed by atoms with Crippen LogP contribution in [0.3, 0.4) is 0 Å². The minimum atomic E-state index is -0.530. The highest BCUT2D eigenvalue weighted by Gasteiger charge is 2.27. The van der Waals surface area contributed by atoms with Crippen LogP contribution >= 0.6 is 0 Å². The molecule has 0 radical (unpaired) electrons. The number of nitrogens with one attached hydrogen (secondary N) is 2. The van der Waals surface area contributed by atoms with Crippen molar-refractivity contribution in [3.63, 3.8) is 0 Å². The van der Waals surface area contributed by atoms with E-state index in [1.807, 2.05) is 31.7 Å². The molecule has 1 amide bonds.